The molecule has 0 aliphatic heterocycles. The number of likely N-dealkylation sites (N-methyl/N-ethyl adjacent to an activating group) is 2. The Morgan fingerprint density at radius 1 is 1.21 bits per heavy atom. The average molecular weight is 279 g/mol. The predicted octanol–water partition coefficient (Wildman–Crippen LogP) is 2.02. The van der Waals surface area contributed by atoms with Gasteiger partial charge in [0.25, 0.3) is 0 Å². The lowest BCUT2D eigenvalue weighted by molar-refractivity contribution is -0.128. The number of benzene rings is 1. The van der Waals surface area contributed by atoms with Crippen molar-refractivity contribution >= 4 is 28.9 Å². The maximum Gasteiger partial charge on any atom is 0.241 e. The van der Waals surface area contributed by atoms with Crippen molar-refractivity contribution in [3.05, 3.63) is 29.3 Å². The topological polar surface area (TPSA) is 35.6 Å². The van der Waals surface area contributed by atoms with Crippen LogP contribution in [0.3, 0.4) is 0 Å². The number of aryl methyl sites for hydroxylation is 2. The maximum absolute atomic E-state index is 11.6. The van der Waals surface area contributed by atoms with Crippen molar-refractivity contribution in [2.45, 2.75) is 13.8 Å². The van der Waals surface area contributed by atoms with E-state index in [0.717, 1.165) is 5.69 Å². The zero-order valence-electron chi connectivity index (χ0n) is 12.2. The van der Waals surface area contributed by atoms with Crippen LogP contribution in [0.2, 0.25) is 0 Å². The van der Waals surface area contributed by atoms with Gasteiger partial charge in [-0.3, -0.25) is 4.79 Å². The molecule has 19 heavy (non-hydrogen) atoms. The second-order valence-electron chi connectivity index (χ2n) is 4.87. The van der Waals surface area contributed by atoms with Gasteiger partial charge < -0.3 is 15.1 Å². The Morgan fingerprint density at radius 3 is 2.37 bits per heavy atom. The summed E-state index contributed by atoms with van der Waals surface area (Å²) in [6.45, 7) is 4.39. The van der Waals surface area contributed by atoms with Gasteiger partial charge in [0.15, 0.2) is 5.11 Å². The van der Waals surface area contributed by atoms with E-state index in [1.165, 1.54) is 11.1 Å². The Morgan fingerprint density at radius 2 is 1.84 bits per heavy atom. The molecular weight excluding hydrogens is 258 g/mol. The van der Waals surface area contributed by atoms with Gasteiger partial charge in [0.1, 0.15) is 0 Å². The summed E-state index contributed by atoms with van der Waals surface area (Å²) in [5, 5.41) is 3.68. The summed E-state index contributed by atoms with van der Waals surface area (Å²) in [4.78, 5) is 14.9. The molecule has 0 unspecified atom stereocenters. The highest BCUT2D eigenvalue weighted by Gasteiger charge is 2.11. The molecule has 0 saturated heterocycles. The largest absolute Gasteiger partial charge is 0.347 e. The molecule has 1 rings (SSSR count). The van der Waals surface area contributed by atoms with E-state index in [0.29, 0.717) is 5.11 Å². The number of carbonyl (C=O) groups excluding carboxylic acids is 1. The lowest BCUT2D eigenvalue weighted by atomic mass is 10.1. The fourth-order valence-electron chi connectivity index (χ4n) is 1.45. The van der Waals surface area contributed by atoms with Crippen LogP contribution < -0.4 is 5.32 Å². The molecule has 0 aliphatic carbocycles. The SMILES string of the molecule is Cc1ccc(NC(=S)N(C)CC(=O)N(C)C)cc1C. The second kappa shape index (κ2) is 6.52. The molecule has 1 N–H and O–H groups in total. The molecule has 0 radical (unpaired) electrons. The molecule has 0 aromatic heterocycles. The Labute approximate surface area is 120 Å². The Bertz CT molecular complexity index is 486. The number of amides is 1. The number of anilines is 1. The lowest BCUT2D eigenvalue weighted by Crippen LogP contribution is -2.39. The molecule has 0 saturated carbocycles. The molecule has 0 fully saturated rings. The van der Waals surface area contributed by atoms with E-state index in [1.807, 2.05) is 18.2 Å². The fraction of sp³-hybridized carbons (Fsp3) is 0.429. The number of rotatable bonds is 3. The van der Waals surface area contributed by atoms with E-state index in [2.05, 4.69) is 19.2 Å². The third-order valence-electron chi connectivity index (χ3n) is 2.98. The van der Waals surface area contributed by atoms with Crippen LogP contribution in [0.4, 0.5) is 5.69 Å². The first-order valence-corrected chi connectivity index (χ1v) is 6.51. The van der Waals surface area contributed by atoms with Crippen molar-refractivity contribution in [2.75, 3.05) is 33.0 Å². The van der Waals surface area contributed by atoms with Crippen LogP contribution in [0.5, 0.6) is 0 Å². The zero-order chi connectivity index (χ0) is 14.6. The van der Waals surface area contributed by atoms with Gasteiger partial charge in [0.2, 0.25) is 5.91 Å². The van der Waals surface area contributed by atoms with E-state index in [9.17, 15) is 4.79 Å². The van der Waals surface area contributed by atoms with E-state index < -0.39 is 0 Å². The average Bonchev–Trinajstić information content (AvgIpc) is 2.33. The normalized spacial score (nSPS) is 9.95. The molecule has 0 bridgehead atoms. The summed E-state index contributed by atoms with van der Waals surface area (Å²) in [6, 6.07) is 6.07. The van der Waals surface area contributed by atoms with Gasteiger partial charge in [0, 0.05) is 26.8 Å². The van der Waals surface area contributed by atoms with E-state index in [-0.39, 0.29) is 12.5 Å². The monoisotopic (exact) mass is 279 g/mol. The van der Waals surface area contributed by atoms with Crippen molar-refractivity contribution < 1.29 is 4.79 Å². The number of carbonyl (C=O) groups is 1. The van der Waals surface area contributed by atoms with Crippen molar-refractivity contribution in [3.63, 3.8) is 0 Å². The molecule has 0 atom stereocenters. The van der Waals surface area contributed by atoms with Crippen LogP contribution in [0.1, 0.15) is 11.1 Å². The quantitative estimate of drug-likeness (QED) is 0.859. The Kier molecular flexibility index (Phi) is 5.30. The van der Waals surface area contributed by atoms with E-state index in [1.54, 1.807) is 30.9 Å². The Balaban J connectivity index is 2.63. The molecule has 0 spiro atoms. The van der Waals surface area contributed by atoms with Crippen molar-refractivity contribution in [1.29, 1.82) is 0 Å². The number of hydrogen-bond acceptors (Lipinski definition) is 2. The minimum atomic E-state index is 0.0201. The van der Waals surface area contributed by atoms with E-state index >= 15 is 0 Å². The van der Waals surface area contributed by atoms with Gasteiger partial charge in [-0.1, -0.05) is 6.07 Å². The molecular formula is C14H21N3OS. The summed E-state index contributed by atoms with van der Waals surface area (Å²) in [7, 11) is 5.27. The van der Waals surface area contributed by atoms with Crippen molar-refractivity contribution in [2.24, 2.45) is 0 Å². The van der Waals surface area contributed by atoms with Gasteiger partial charge in [-0.2, -0.15) is 0 Å². The smallest absolute Gasteiger partial charge is 0.241 e. The molecule has 1 aromatic carbocycles. The zero-order valence-corrected chi connectivity index (χ0v) is 13.0. The van der Waals surface area contributed by atoms with Crippen LogP contribution in [-0.2, 0) is 4.79 Å². The molecule has 0 heterocycles. The highest BCUT2D eigenvalue weighted by atomic mass is 32.1. The third-order valence-corrected chi connectivity index (χ3v) is 3.39. The third kappa shape index (κ3) is 4.52. The lowest BCUT2D eigenvalue weighted by Gasteiger charge is -2.22. The maximum atomic E-state index is 11.6. The van der Waals surface area contributed by atoms with Crippen LogP contribution >= 0.6 is 12.2 Å². The summed E-state index contributed by atoms with van der Waals surface area (Å²) < 4.78 is 0. The van der Waals surface area contributed by atoms with Crippen molar-refractivity contribution in [3.8, 4) is 0 Å². The molecule has 1 aromatic rings. The summed E-state index contributed by atoms with van der Waals surface area (Å²) in [5.41, 5.74) is 3.39. The summed E-state index contributed by atoms with van der Waals surface area (Å²) in [6.07, 6.45) is 0. The number of thiocarbonyl (C=S) groups is 1. The standard InChI is InChI=1S/C14H21N3OS/c1-10-6-7-12(8-11(10)2)15-14(19)17(5)9-13(18)16(3)4/h6-8H,9H2,1-5H3,(H,15,19). The van der Waals surface area contributed by atoms with Gasteiger partial charge >= 0.3 is 0 Å². The van der Waals surface area contributed by atoms with Crippen LogP contribution in [0, 0.1) is 13.8 Å². The molecule has 5 heteroatoms. The fourth-order valence-corrected chi connectivity index (χ4v) is 1.64. The van der Waals surface area contributed by atoms with Gasteiger partial charge in [-0.25, -0.2) is 0 Å². The van der Waals surface area contributed by atoms with Gasteiger partial charge in [-0.05, 0) is 49.3 Å². The predicted molar refractivity (Wildman–Crippen MR) is 83.5 cm³/mol. The minimum absolute atomic E-state index is 0.0201. The number of nitrogens with zero attached hydrogens (tertiary/aromatic N) is 2. The van der Waals surface area contributed by atoms with Crippen molar-refractivity contribution in [1.82, 2.24) is 9.80 Å². The number of hydrogen-bond donors (Lipinski definition) is 1. The van der Waals surface area contributed by atoms with Gasteiger partial charge in [0.05, 0.1) is 6.54 Å². The second-order valence-corrected chi connectivity index (χ2v) is 5.26. The van der Waals surface area contributed by atoms with Crippen LogP contribution in [0.25, 0.3) is 0 Å². The highest BCUT2D eigenvalue weighted by Crippen LogP contribution is 2.14. The highest BCUT2D eigenvalue weighted by molar-refractivity contribution is 7.80. The Hall–Kier alpha value is -1.62. The first-order chi connectivity index (χ1) is 8.81. The first-order valence-electron chi connectivity index (χ1n) is 6.10. The first kappa shape index (κ1) is 15.4. The molecule has 1 amide bonds. The summed E-state index contributed by atoms with van der Waals surface area (Å²) in [5.74, 6) is 0.0201. The van der Waals surface area contributed by atoms with Crippen LogP contribution in [0.15, 0.2) is 18.2 Å². The molecule has 0 aliphatic rings. The summed E-state index contributed by atoms with van der Waals surface area (Å²) >= 11 is 5.28. The molecule has 104 valence electrons. The minimum Gasteiger partial charge on any atom is -0.347 e. The molecule has 4 nitrogen and oxygen atoms in total. The van der Waals surface area contributed by atoms with Gasteiger partial charge in [-0.15, -0.1) is 0 Å². The van der Waals surface area contributed by atoms with Crippen LogP contribution in [-0.4, -0.2) is 48.5 Å². The van der Waals surface area contributed by atoms with E-state index in [4.69, 9.17) is 12.2 Å². The number of nitrogens with one attached hydrogen (secondary N) is 1.